The maximum absolute atomic E-state index is 11.1. The Morgan fingerprint density at radius 2 is 1.50 bits per heavy atom. The van der Waals surface area contributed by atoms with E-state index < -0.39 is 0 Å². The number of carbonyl (C=O) groups excluding carboxylic acids is 1. The SMILES string of the molecule is CC(=O)CNc1ccc(-c2ccc(-n3ccc4ccccc43)cc2)cc1. The Morgan fingerprint density at radius 1 is 0.846 bits per heavy atom. The van der Waals surface area contributed by atoms with E-state index in [0.29, 0.717) is 6.54 Å². The lowest BCUT2D eigenvalue weighted by molar-refractivity contribution is -0.115. The number of Topliss-reactive ketones (excluding diaryl/α,β-unsaturated/α-hetero) is 1. The molecule has 128 valence electrons. The molecule has 0 aliphatic heterocycles. The zero-order chi connectivity index (χ0) is 17.9. The number of hydrogen-bond donors (Lipinski definition) is 1. The van der Waals surface area contributed by atoms with Gasteiger partial charge in [0.05, 0.1) is 12.1 Å². The molecular weight excluding hydrogens is 320 g/mol. The van der Waals surface area contributed by atoms with Gasteiger partial charge in [-0.05, 0) is 59.8 Å². The van der Waals surface area contributed by atoms with Crippen molar-refractivity contribution in [2.24, 2.45) is 0 Å². The molecule has 0 radical (unpaired) electrons. The van der Waals surface area contributed by atoms with E-state index in [2.05, 4.69) is 82.8 Å². The number of hydrogen-bond acceptors (Lipinski definition) is 2. The van der Waals surface area contributed by atoms with Gasteiger partial charge in [-0.3, -0.25) is 4.79 Å². The van der Waals surface area contributed by atoms with Crippen LogP contribution in [0.25, 0.3) is 27.7 Å². The summed E-state index contributed by atoms with van der Waals surface area (Å²) < 4.78 is 2.20. The quantitative estimate of drug-likeness (QED) is 0.535. The Labute approximate surface area is 152 Å². The number of nitrogens with one attached hydrogen (secondary N) is 1. The summed E-state index contributed by atoms with van der Waals surface area (Å²) in [5, 5.41) is 4.36. The van der Waals surface area contributed by atoms with E-state index in [1.807, 2.05) is 12.1 Å². The molecule has 1 N–H and O–H groups in total. The van der Waals surface area contributed by atoms with E-state index in [0.717, 1.165) is 16.9 Å². The minimum absolute atomic E-state index is 0.127. The van der Waals surface area contributed by atoms with Crippen LogP contribution in [-0.2, 0) is 4.79 Å². The van der Waals surface area contributed by atoms with Crippen LogP contribution in [0.3, 0.4) is 0 Å². The van der Waals surface area contributed by atoms with E-state index in [1.165, 1.54) is 16.5 Å². The Hall–Kier alpha value is -3.33. The van der Waals surface area contributed by atoms with Crippen LogP contribution in [0, 0.1) is 0 Å². The van der Waals surface area contributed by atoms with Crippen LogP contribution in [0.5, 0.6) is 0 Å². The average molecular weight is 340 g/mol. The first-order chi connectivity index (χ1) is 12.7. The van der Waals surface area contributed by atoms with Crippen molar-refractivity contribution in [1.82, 2.24) is 4.57 Å². The molecule has 0 fully saturated rings. The molecule has 0 spiro atoms. The Kier molecular flexibility index (Phi) is 4.28. The molecule has 1 heterocycles. The van der Waals surface area contributed by atoms with E-state index in [9.17, 15) is 4.79 Å². The molecular formula is C23H20N2O. The topological polar surface area (TPSA) is 34.0 Å². The van der Waals surface area contributed by atoms with E-state index in [-0.39, 0.29) is 5.78 Å². The van der Waals surface area contributed by atoms with Gasteiger partial charge in [-0.15, -0.1) is 0 Å². The van der Waals surface area contributed by atoms with Crippen LogP contribution in [0.15, 0.2) is 85.1 Å². The summed E-state index contributed by atoms with van der Waals surface area (Å²) in [5.74, 6) is 0.127. The lowest BCUT2D eigenvalue weighted by atomic mass is 10.0. The molecule has 26 heavy (non-hydrogen) atoms. The number of ketones is 1. The number of para-hydroxylation sites is 1. The van der Waals surface area contributed by atoms with Crippen molar-refractivity contribution in [2.75, 3.05) is 11.9 Å². The third-order valence-electron chi connectivity index (χ3n) is 4.50. The molecule has 4 aromatic rings. The van der Waals surface area contributed by atoms with Crippen molar-refractivity contribution in [1.29, 1.82) is 0 Å². The summed E-state index contributed by atoms with van der Waals surface area (Å²) in [7, 11) is 0. The predicted octanol–water partition coefficient (Wildman–Crippen LogP) is 5.30. The highest BCUT2D eigenvalue weighted by Crippen LogP contribution is 2.25. The van der Waals surface area contributed by atoms with Gasteiger partial charge in [-0.1, -0.05) is 42.5 Å². The van der Waals surface area contributed by atoms with Crippen LogP contribution in [0.2, 0.25) is 0 Å². The highest BCUT2D eigenvalue weighted by molar-refractivity contribution is 5.82. The molecule has 0 aliphatic rings. The van der Waals surface area contributed by atoms with Crippen molar-refractivity contribution in [2.45, 2.75) is 6.92 Å². The third-order valence-corrected chi connectivity index (χ3v) is 4.50. The van der Waals surface area contributed by atoms with Crippen molar-refractivity contribution in [3.63, 3.8) is 0 Å². The second-order valence-electron chi connectivity index (χ2n) is 6.42. The second-order valence-corrected chi connectivity index (χ2v) is 6.42. The van der Waals surface area contributed by atoms with Gasteiger partial charge >= 0.3 is 0 Å². The van der Waals surface area contributed by atoms with Gasteiger partial charge in [0, 0.05) is 17.6 Å². The van der Waals surface area contributed by atoms with Crippen molar-refractivity contribution in [3.05, 3.63) is 85.1 Å². The number of rotatable bonds is 5. The van der Waals surface area contributed by atoms with E-state index in [1.54, 1.807) is 6.92 Å². The van der Waals surface area contributed by atoms with Crippen molar-refractivity contribution in [3.8, 4) is 16.8 Å². The number of nitrogens with zero attached hydrogens (tertiary/aromatic N) is 1. The first-order valence-corrected chi connectivity index (χ1v) is 8.71. The maximum atomic E-state index is 11.1. The highest BCUT2D eigenvalue weighted by atomic mass is 16.1. The Bertz CT molecular complexity index is 1040. The van der Waals surface area contributed by atoms with Crippen molar-refractivity contribution >= 4 is 22.4 Å². The fourth-order valence-corrected chi connectivity index (χ4v) is 3.13. The summed E-state index contributed by atoms with van der Waals surface area (Å²) in [5.41, 5.74) is 5.64. The highest BCUT2D eigenvalue weighted by Gasteiger charge is 2.04. The minimum Gasteiger partial charge on any atom is -0.378 e. The molecule has 3 nitrogen and oxygen atoms in total. The second kappa shape index (κ2) is 6.89. The molecule has 0 bridgehead atoms. The van der Waals surface area contributed by atoms with Crippen LogP contribution < -0.4 is 5.32 Å². The Balaban J connectivity index is 1.57. The minimum atomic E-state index is 0.127. The molecule has 3 heteroatoms. The predicted molar refractivity (Wildman–Crippen MR) is 108 cm³/mol. The van der Waals surface area contributed by atoms with Crippen molar-refractivity contribution < 1.29 is 4.79 Å². The summed E-state index contributed by atoms with van der Waals surface area (Å²) in [6, 6.07) is 27.2. The summed E-state index contributed by atoms with van der Waals surface area (Å²) in [6.07, 6.45) is 2.11. The van der Waals surface area contributed by atoms with Crippen LogP contribution in [0.1, 0.15) is 6.92 Å². The monoisotopic (exact) mass is 340 g/mol. The van der Waals surface area contributed by atoms with Gasteiger partial charge < -0.3 is 9.88 Å². The first-order valence-electron chi connectivity index (χ1n) is 8.71. The number of fused-ring (bicyclic) bond motifs is 1. The van der Waals surface area contributed by atoms with E-state index >= 15 is 0 Å². The lowest BCUT2D eigenvalue weighted by Crippen LogP contribution is -2.09. The molecule has 1 aromatic heterocycles. The first kappa shape index (κ1) is 16.2. The van der Waals surface area contributed by atoms with Crippen LogP contribution in [-0.4, -0.2) is 16.9 Å². The molecule has 0 amide bonds. The molecule has 0 aliphatic carbocycles. The number of carbonyl (C=O) groups is 1. The van der Waals surface area contributed by atoms with E-state index in [4.69, 9.17) is 0 Å². The lowest BCUT2D eigenvalue weighted by Gasteiger charge is -2.09. The molecule has 0 unspecified atom stereocenters. The molecule has 4 rings (SSSR count). The third kappa shape index (κ3) is 3.24. The number of anilines is 1. The largest absolute Gasteiger partial charge is 0.378 e. The normalized spacial score (nSPS) is 10.8. The fourth-order valence-electron chi connectivity index (χ4n) is 3.13. The standard InChI is InChI=1S/C23H20N2O/c1-17(26)16-24-21-10-6-18(7-11-21)19-8-12-22(13-9-19)25-15-14-20-4-2-3-5-23(20)25/h2-15,24H,16H2,1H3. The van der Waals surface area contributed by atoms with Crippen LogP contribution >= 0.6 is 0 Å². The fraction of sp³-hybridized carbons (Fsp3) is 0.0870. The molecule has 0 saturated carbocycles. The average Bonchev–Trinajstić information content (AvgIpc) is 3.11. The zero-order valence-corrected chi connectivity index (χ0v) is 14.6. The molecule has 3 aromatic carbocycles. The molecule has 0 atom stereocenters. The van der Waals surface area contributed by atoms with Gasteiger partial charge in [0.1, 0.15) is 5.78 Å². The zero-order valence-electron chi connectivity index (χ0n) is 14.6. The van der Waals surface area contributed by atoms with Gasteiger partial charge in [-0.25, -0.2) is 0 Å². The maximum Gasteiger partial charge on any atom is 0.148 e. The van der Waals surface area contributed by atoms with Crippen LogP contribution in [0.4, 0.5) is 5.69 Å². The summed E-state index contributed by atoms with van der Waals surface area (Å²) >= 11 is 0. The van der Waals surface area contributed by atoms with Gasteiger partial charge in [0.2, 0.25) is 0 Å². The summed E-state index contributed by atoms with van der Waals surface area (Å²) in [6.45, 7) is 1.94. The van der Waals surface area contributed by atoms with Gasteiger partial charge in [-0.2, -0.15) is 0 Å². The smallest absolute Gasteiger partial charge is 0.148 e. The summed E-state index contributed by atoms with van der Waals surface area (Å²) in [4.78, 5) is 11.1. The Morgan fingerprint density at radius 3 is 2.19 bits per heavy atom. The number of benzene rings is 3. The van der Waals surface area contributed by atoms with Gasteiger partial charge in [0.25, 0.3) is 0 Å². The molecule has 0 saturated heterocycles. The number of aromatic nitrogens is 1. The van der Waals surface area contributed by atoms with Gasteiger partial charge in [0.15, 0.2) is 0 Å².